The molecule has 0 spiro atoms. The molecule has 6 nitrogen and oxygen atoms in total. The molecule has 1 saturated carbocycles. The van der Waals surface area contributed by atoms with Gasteiger partial charge in [0.1, 0.15) is 5.82 Å². The molecule has 2 atom stereocenters. The second-order valence-corrected chi connectivity index (χ2v) is 5.25. The van der Waals surface area contributed by atoms with Crippen LogP contribution in [0.15, 0.2) is 24.3 Å². The fraction of sp³-hybridized carbons (Fsp3) is 0.400. The number of nitrogens with two attached hydrogens (primary N) is 1. The first-order valence-corrected chi connectivity index (χ1v) is 7.10. The van der Waals surface area contributed by atoms with Crippen LogP contribution in [0.2, 0.25) is 0 Å². The topological polar surface area (TPSA) is 101 Å². The molecule has 1 aliphatic carbocycles. The highest BCUT2D eigenvalue weighted by atomic mass is 19.1. The minimum atomic E-state index is -0.448. The maximum absolute atomic E-state index is 12.7. The Hall–Kier alpha value is -2.44. The van der Waals surface area contributed by atoms with Crippen molar-refractivity contribution in [2.45, 2.75) is 12.8 Å². The molecule has 2 rings (SSSR count). The van der Waals surface area contributed by atoms with Gasteiger partial charge in [-0.2, -0.15) is 0 Å². The van der Waals surface area contributed by atoms with Crippen molar-refractivity contribution in [2.24, 2.45) is 17.6 Å². The summed E-state index contributed by atoms with van der Waals surface area (Å²) < 4.78 is 12.7. The van der Waals surface area contributed by atoms with Crippen LogP contribution in [0.25, 0.3) is 0 Å². The second-order valence-electron chi connectivity index (χ2n) is 5.25. The Bertz CT molecular complexity index is 574. The van der Waals surface area contributed by atoms with Crippen LogP contribution in [-0.2, 0) is 9.59 Å². The fourth-order valence-electron chi connectivity index (χ4n) is 2.35. The highest BCUT2D eigenvalue weighted by Gasteiger charge is 2.39. The van der Waals surface area contributed by atoms with E-state index in [1.54, 1.807) is 0 Å². The van der Waals surface area contributed by atoms with E-state index in [9.17, 15) is 18.8 Å². The monoisotopic (exact) mass is 307 g/mol. The van der Waals surface area contributed by atoms with E-state index in [-0.39, 0.29) is 36.7 Å². The smallest absolute Gasteiger partial charge is 0.251 e. The molecule has 118 valence electrons. The molecule has 1 fully saturated rings. The van der Waals surface area contributed by atoms with Gasteiger partial charge >= 0.3 is 0 Å². The molecule has 4 N–H and O–H groups in total. The highest BCUT2D eigenvalue weighted by Crippen LogP contribution is 2.33. The molecule has 0 bridgehead atoms. The Morgan fingerprint density at radius 1 is 1.05 bits per heavy atom. The number of carbonyl (C=O) groups is 3. The van der Waals surface area contributed by atoms with E-state index in [1.807, 2.05) is 0 Å². The average molecular weight is 307 g/mol. The van der Waals surface area contributed by atoms with Crippen LogP contribution < -0.4 is 16.4 Å². The summed E-state index contributed by atoms with van der Waals surface area (Å²) in [6.45, 7) is 0.504. The van der Waals surface area contributed by atoms with Gasteiger partial charge in [0.15, 0.2) is 0 Å². The van der Waals surface area contributed by atoms with Crippen LogP contribution in [0.4, 0.5) is 4.39 Å². The Morgan fingerprint density at radius 2 is 1.64 bits per heavy atom. The lowest BCUT2D eigenvalue weighted by atomic mass is 9.72. The summed E-state index contributed by atoms with van der Waals surface area (Å²) in [6, 6.07) is 5.18. The molecule has 1 aromatic rings. The lowest BCUT2D eigenvalue weighted by molar-refractivity contribution is -0.138. The van der Waals surface area contributed by atoms with E-state index in [2.05, 4.69) is 10.6 Å². The van der Waals surface area contributed by atoms with E-state index < -0.39 is 11.7 Å². The third kappa shape index (κ3) is 3.81. The van der Waals surface area contributed by atoms with Gasteiger partial charge in [0.2, 0.25) is 11.8 Å². The zero-order chi connectivity index (χ0) is 16.1. The number of primary amides is 1. The highest BCUT2D eigenvalue weighted by molar-refractivity contribution is 5.94. The van der Waals surface area contributed by atoms with E-state index in [0.717, 1.165) is 0 Å². The Morgan fingerprint density at radius 3 is 2.18 bits per heavy atom. The first-order valence-electron chi connectivity index (χ1n) is 7.10. The molecule has 1 aromatic carbocycles. The third-order valence-corrected chi connectivity index (χ3v) is 3.79. The van der Waals surface area contributed by atoms with E-state index >= 15 is 0 Å². The summed E-state index contributed by atoms with van der Waals surface area (Å²) in [5, 5.41) is 5.28. The molecular formula is C15H18FN3O3. The summed E-state index contributed by atoms with van der Waals surface area (Å²) in [5.74, 6) is -2.15. The quantitative estimate of drug-likeness (QED) is 0.654. The van der Waals surface area contributed by atoms with Crippen LogP contribution in [0.1, 0.15) is 23.2 Å². The molecule has 0 radical (unpaired) electrons. The molecular weight excluding hydrogens is 289 g/mol. The SMILES string of the molecule is NC(=O)[C@H]1CC[C@H]1C(=O)NCCNC(=O)c1ccc(F)cc1. The van der Waals surface area contributed by atoms with Crippen molar-refractivity contribution in [1.82, 2.24) is 10.6 Å². The lowest BCUT2D eigenvalue weighted by Gasteiger charge is -2.32. The average Bonchev–Trinajstić information content (AvgIpc) is 2.42. The predicted molar refractivity (Wildman–Crippen MR) is 77.2 cm³/mol. The lowest BCUT2D eigenvalue weighted by Crippen LogP contribution is -2.47. The van der Waals surface area contributed by atoms with Gasteiger partial charge in [-0.25, -0.2) is 4.39 Å². The minimum Gasteiger partial charge on any atom is -0.369 e. The predicted octanol–water partition coefficient (Wildman–Crippen LogP) is 0.183. The molecule has 3 amide bonds. The number of hydrogen-bond acceptors (Lipinski definition) is 3. The van der Waals surface area contributed by atoms with Crippen molar-refractivity contribution >= 4 is 17.7 Å². The second kappa shape index (κ2) is 7.02. The molecule has 0 heterocycles. The maximum Gasteiger partial charge on any atom is 0.251 e. The Kier molecular flexibility index (Phi) is 5.08. The minimum absolute atomic E-state index is 0.217. The van der Waals surface area contributed by atoms with Gasteiger partial charge in [-0.1, -0.05) is 0 Å². The molecule has 0 aliphatic heterocycles. The van der Waals surface area contributed by atoms with Gasteiger partial charge in [0.05, 0.1) is 0 Å². The Balaban J connectivity index is 1.69. The molecule has 0 aromatic heterocycles. The number of benzene rings is 1. The van der Waals surface area contributed by atoms with Crippen LogP contribution in [-0.4, -0.2) is 30.8 Å². The Labute approximate surface area is 127 Å². The maximum atomic E-state index is 12.7. The molecule has 7 heteroatoms. The molecule has 22 heavy (non-hydrogen) atoms. The van der Waals surface area contributed by atoms with Crippen molar-refractivity contribution < 1.29 is 18.8 Å². The van der Waals surface area contributed by atoms with Gasteiger partial charge < -0.3 is 16.4 Å². The fourth-order valence-corrected chi connectivity index (χ4v) is 2.35. The third-order valence-electron chi connectivity index (χ3n) is 3.79. The summed E-state index contributed by atoms with van der Waals surface area (Å²) in [7, 11) is 0. The molecule has 1 aliphatic rings. The standard InChI is InChI=1S/C15H18FN3O3/c16-10-3-1-9(2-4-10)14(21)18-7-8-19-15(22)12-6-5-11(12)13(17)20/h1-4,11-12H,5-8H2,(H2,17,20)(H,18,21)(H,19,22)/t11-,12+/m0/s1. The van der Waals surface area contributed by atoms with Gasteiger partial charge in [-0.15, -0.1) is 0 Å². The van der Waals surface area contributed by atoms with Crippen molar-refractivity contribution in [3.8, 4) is 0 Å². The number of carbonyl (C=O) groups excluding carboxylic acids is 3. The molecule has 0 saturated heterocycles. The number of nitrogens with one attached hydrogen (secondary N) is 2. The summed E-state index contributed by atoms with van der Waals surface area (Å²) in [6.07, 6.45) is 1.30. The number of halogens is 1. The van der Waals surface area contributed by atoms with Crippen molar-refractivity contribution in [1.29, 1.82) is 0 Å². The zero-order valence-electron chi connectivity index (χ0n) is 12.0. The van der Waals surface area contributed by atoms with E-state index in [4.69, 9.17) is 5.73 Å². The van der Waals surface area contributed by atoms with E-state index in [0.29, 0.717) is 18.4 Å². The van der Waals surface area contributed by atoms with Crippen molar-refractivity contribution in [2.75, 3.05) is 13.1 Å². The first-order chi connectivity index (χ1) is 10.5. The summed E-state index contributed by atoms with van der Waals surface area (Å²) >= 11 is 0. The van der Waals surface area contributed by atoms with Crippen molar-refractivity contribution in [3.63, 3.8) is 0 Å². The van der Waals surface area contributed by atoms with Crippen LogP contribution in [0, 0.1) is 17.7 Å². The van der Waals surface area contributed by atoms with Crippen LogP contribution in [0.3, 0.4) is 0 Å². The van der Waals surface area contributed by atoms with Gasteiger partial charge in [0.25, 0.3) is 5.91 Å². The normalized spacial score (nSPS) is 19.9. The number of rotatable bonds is 6. The summed E-state index contributed by atoms with van der Waals surface area (Å²) in [5.41, 5.74) is 5.54. The largest absolute Gasteiger partial charge is 0.369 e. The number of amides is 3. The van der Waals surface area contributed by atoms with Gasteiger partial charge in [-0.3, -0.25) is 14.4 Å². The first kappa shape index (κ1) is 15.9. The summed E-state index contributed by atoms with van der Waals surface area (Å²) in [4.78, 5) is 34.6. The van der Waals surface area contributed by atoms with E-state index in [1.165, 1.54) is 24.3 Å². The zero-order valence-corrected chi connectivity index (χ0v) is 12.0. The molecule has 0 unspecified atom stereocenters. The van der Waals surface area contributed by atoms with Gasteiger partial charge in [0, 0.05) is 30.5 Å². The number of hydrogen-bond donors (Lipinski definition) is 3. The van der Waals surface area contributed by atoms with Crippen molar-refractivity contribution in [3.05, 3.63) is 35.6 Å². The van der Waals surface area contributed by atoms with Gasteiger partial charge in [-0.05, 0) is 37.1 Å². The van der Waals surface area contributed by atoms with Crippen LogP contribution in [0.5, 0.6) is 0 Å². The van der Waals surface area contributed by atoms with Crippen LogP contribution >= 0.6 is 0 Å².